The Kier molecular flexibility index (Phi) is 6.42. The van der Waals surface area contributed by atoms with Crippen LogP contribution in [0.5, 0.6) is 0 Å². The SMILES string of the molecule is O=C(CCSc1ccccc1)NCCc1nc(C(=O)O)cs1. The number of nitrogens with one attached hydrogen (secondary N) is 1. The van der Waals surface area contributed by atoms with Gasteiger partial charge in [0.1, 0.15) is 0 Å². The third-order valence-corrected chi connectivity index (χ3v) is 4.70. The van der Waals surface area contributed by atoms with Crippen LogP contribution in [0, 0.1) is 0 Å². The zero-order valence-corrected chi connectivity index (χ0v) is 13.5. The molecule has 1 heterocycles. The van der Waals surface area contributed by atoms with Crippen molar-refractivity contribution in [3.8, 4) is 0 Å². The molecule has 2 N–H and O–H groups in total. The Labute approximate surface area is 136 Å². The molecule has 0 unspecified atom stereocenters. The van der Waals surface area contributed by atoms with Crippen molar-refractivity contribution in [1.29, 1.82) is 0 Å². The lowest BCUT2D eigenvalue weighted by Crippen LogP contribution is -2.25. The van der Waals surface area contributed by atoms with Crippen molar-refractivity contribution in [2.75, 3.05) is 12.3 Å². The number of aromatic carboxylic acids is 1. The Bertz CT molecular complexity index is 629. The van der Waals surface area contributed by atoms with Crippen molar-refractivity contribution in [1.82, 2.24) is 10.3 Å². The largest absolute Gasteiger partial charge is 0.476 e. The molecule has 0 spiro atoms. The molecule has 1 amide bonds. The molecule has 0 aliphatic carbocycles. The standard InChI is InChI=1S/C15H16N2O3S2/c18-13(7-9-21-11-4-2-1-3-5-11)16-8-6-14-17-12(10-22-14)15(19)20/h1-5,10H,6-9H2,(H,16,18)(H,19,20). The predicted molar refractivity (Wildman–Crippen MR) is 87.6 cm³/mol. The molecule has 0 saturated carbocycles. The number of carboxylic acids is 1. The average Bonchev–Trinajstić information content (AvgIpc) is 2.97. The number of rotatable bonds is 8. The van der Waals surface area contributed by atoms with Crippen LogP contribution in [-0.4, -0.2) is 34.3 Å². The monoisotopic (exact) mass is 336 g/mol. The van der Waals surface area contributed by atoms with Gasteiger partial charge in [-0.3, -0.25) is 4.79 Å². The van der Waals surface area contributed by atoms with E-state index in [9.17, 15) is 9.59 Å². The van der Waals surface area contributed by atoms with E-state index in [1.54, 1.807) is 11.8 Å². The summed E-state index contributed by atoms with van der Waals surface area (Å²) in [7, 11) is 0. The molecule has 116 valence electrons. The van der Waals surface area contributed by atoms with Gasteiger partial charge in [0.05, 0.1) is 5.01 Å². The normalized spacial score (nSPS) is 10.4. The quantitative estimate of drug-likeness (QED) is 0.725. The van der Waals surface area contributed by atoms with Crippen molar-refractivity contribution >= 4 is 35.0 Å². The molecule has 0 fully saturated rings. The first-order chi connectivity index (χ1) is 10.6. The van der Waals surface area contributed by atoms with Gasteiger partial charge in [-0.2, -0.15) is 0 Å². The highest BCUT2D eigenvalue weighted by Crippen LogP contribution is 2.17. The van der Waals surface area contributed by atoms with Gasteiger partial charge in [0.2, 0.25) is 5.91 Å². The molecule has 2 rings (SSSR count). The van der Waals surface area contributed by atoms with E-state index < -0.39 is 5.97 Å². The zero-order valence-electron chi connectivity index (χ0n) is 11.8. The Morgan fingerprint density at radius 3 is 2.73 bits per heavy atom. The minimum atomic E-state index is -1.02. The lowest BCUT2D eigenvalue weighted by atomic mass is 10.4. The number of nitrogens with zero attached hydrogens (tertiary/aromatic N) is 1. The summed E-state index contributed by atoms with van der Waals surface area (Å²) in [6.45, 7) is 0.474. The van der Waals surface area contributed by atoms with E-state index in [1.807, 2.05) is 30.3 Å². The molecule has 0 radical (unpaired) electrons. The van der Waals surface area contributed by atoms with Crippen LogP contribution in [0.4, 0.5) is 0 Å². The van der Waals surface area contributed by atoms with E-state index in [4.69, 9.17) is 5.11 Å². The average molecular weight is 336 g/mol. The van der Waals surface area contributed by atoms with E-state index in [2.05, 4.69) is 10.3 Å². The third kappa shape index (κ3) is 5.50. The van der Waals surface area contributed by atoms with Gasteiger partial charge < -0.3 is 10.4 Å². The maximum atomic E-state index is 11.7. The smallest absolute Gasteiger partial charge is 0.355 e. The van der Waals surface area contributed by atoms with E-state index in [0.29, 0.717) is 19.4 Å². The molecule has 0 bridgehead atoms. The van der Waals surface area contributed by atoms with Crippen molar-refractivity contribution in [2.45, 2.75) is 17.7 Å². The first-order valence-electron chi connectivity index (χ1n) is 6.77. The minimum absolute atomic E-state index is 0.00144. The fourth-order valence-corrected chi connectivity index (χ4v) is 3.34. The molecule has 22 heavy (non-hydrogen) atoms. The Balaban J connectivity index is 1.62. The summed E-state index contributed by atoms with van der Waals surface area (Å²) in [5.74, 6) is -0.293. The summed E-state index contributed by atoms with van der Waals surface area (Å²) in [4.78, 5) is 27.5. The molecular formula is C15H16N2O3S2. The van der Waals surface area contributed by atoms with E-state index in [0.717, 1.165) is 15.7 Å². The number of carbonyl (C=O) groups excluding carboxylic acids is 1. The number of amides is 1. The predicted octanol–water partition coefficient (Wildman–Crippen LogP) is 2.68. The van der Waals surface area contributed by atoms with Crippen molar-refractivity contribution in [3.63, 3.8) is 0 Å². The van der Waals surface area contributed by atoms with Gasteiger partial charge in [0, 0.05) is 35.4 Å². The summed E-state index contributed by atoms with van der Waals surface area (Å²) in [6, 6.07) is 9.95. The highest BCUT2D eigenvalue weighted by Gasteiger charge is 2.08. The Morgan fingerprint density at radius 1 is 1.27 bits per heavy atom. The van der Waals surface area contributed by atoms with Gasteiger partial charge in [-0.15, -0.1) is 23.1 Å². The van der Waals surface area contributed by atoms with Gasteiger partial charge >= 0.3 is 5.97 Å². The molecule has 1 aromatic heterocycles. The molecule has 7 heteroatoms. The van der Waals surface area contributed by atoms with Crippen LogP contribution in [0.15, 0.2) is 40.6 Å². The first kappa shape index (κ1) is 16.5. The highest BCUT2D eigenvalue weighted by molar-refractivity contribution is 7.99. The van der Waals surface area contributed by atoms with E-state index in [-0.39, 0.29) is 11.6 Å². The number of hydrogen-bond donors (Lipinski definition) is 2. The van der Waals surface area contributed by atoms with Crippen LogP contribution in [-0.2, 0) is 11.2 Å². The topological polar surface area (TPSA) is 79.3 Å². The molecule has 1 aromatic carbocycles. The van der Waals surface area contributed by atoms with Crippen LogP contribution < -0.4 is 5.32 Å². The van der Waals surface area contributed by atoms with Gasteiger partial charge in [-0.05, 0) is 12.1 Å². The molecule has 0 aliphatic rings. The van der Waals surface area contributed by atoms with Crippen LogP contribution >= 0.6 is 23.1 Å². The number of carbonyl (C=O) groups is 2. The number of thioether (sulfide) groups is 1. The fraction of sp³-hybridized carbons (Fsp3) is 0.267. The number of hydrogen-bond acceptors (Lipinski definition) is 5. The van der Waals surface area contributed by atoms with Gasteiger partial charge in [-0.1, -0.05) is 18.2 Å². The summed E-state index contributed by atoms with van der Waals surface area (Å²) in [5, 5.41) is 13.8. The van der Waals surface area contributed by atoms with Crippen LogP contribution in [0.2, 0.25) is 0 Å². The number of carboxylic acid groups (broad SMARTS) is 1. The van der Waals surface area contributed by atoms with Crippen molar-refractivity contribution in [3.05, 3.63) is 46.4 Å². The second-order valence-electron chi connectivity index (χ2n) is 4.44. The van der Waals surface area contributed by atoms with E-state index in [1.165, 1.54) is 16.7 Å². The van der Waals surface area contributed by atoms with Gasteiger partial charge in [-0.25, -0.2) is 9.78 Å². The van der Waals surface area contributed by atoms with Gasteiger partial charge in [0.25, 0.3) is 0 Å². The molecular weight excluding hydrogens is 320 g/mol. The summed E-state index contributed by atoms with van der Waals surface area (Å²) in [5.41, 5.74) is 0.0607. The molecule has 0 saturated heterocycles. The Hall–Kier alpha value is -1.86. The molecule has 0 atom stereocenters. The zero-order chi connectivity index (χ0) is 15.8. The second kappa shape index (κ2) is 8.55. The fourth-order valence-electron chi connectivity index (χ4n) is 1.70. The van der Waals surface area contributed by atoms with Crippen LogP contribution in [0.25, 0.3) is 0 Å². The number of thiazole rings is 1. The molecule has 0 aliphatic heterocycles. The maximum Gasteiger partial charge on any atom is 0.355 e. The van der Waals surface area contributed by atoms with E-state index >= 15 is 0 Å². The van der Waals surface area contributed by atoms with Crippen LogP contribution in [0.3, 0.4) is 0 Å². The number of aromatic nitrogens is 1. The van der Waals surface area contributed by atoms with Gasteiger partial charge in [0.15, 0.2) is 5.69 Å². The molecule has 2 aromatic rings. The van der Waals surface area contributed by atoms with Crippen LogP contribution in [0.1, 0.15) is 21.9 Å². The summed E-state index contributed by atoms with van der Waals surface area (Å²) >= 11 is 2.95. The first-order valence-corrected chi connectivity index (χ1v) is 8.64. The molecule has 5 nitrogen and oxygen atoms in total. The Morgan fingerprint density at radius 2 is 2.05 bits per heavy atom. The number of benzene rings is 1. The highest BCUT2D eigenvalue weighted by atomic mass is 32.2. The maximum absolute atomic E-state index is 11.7. The van der Waals surface area contributed by atoms with Crippen molar-refractivity contribution < 1.29 is 14.7 Å². The minimum Gasteiger partial charge on any atom is -0.476 e. The lowest BCUT2D eigenvalue weighted by Gasteiger charge is -2.04. The second-order valence-corrected chi connectivity index (χ2v) is 6.55. The third-order valence-electron chi connectivity index (χ3n) is 2.77. The van der Waals surface area contributed by atoms with Crippen molar-refractivity contribution in [2.24, 2.45) is 0 Å². The lowest BCUT2D eigenvalue weighted by molar-refractivity contribution is -0.120. The summed E-state index contributed by atoms with van der Waals surface area (Å²) in [6.07, 6.45) is 1.01. The summed E-state index contributed by atoms with van der Waals surface area (Å²) < 4.78 is 0.